The first-order valence-electron chi connectivity index (χ1n) is 8.86. The summed E-state index contributed by atoms with van der Waals surface area (Å²) < 4.78 is 11.1. The maximum atomic E-state index is 12.0. The number of methoxy groups -OCH3 is 1. The number of rotatable bonds is 5. The minimum absolute atomic E-state index is 0.0328. The SMILES string of the molecule is C/C=C/C(=O)O[C@@H]1C[C@H](C)CC[C@H]1C(C)(C)c1ccc(OC)cc1. The second-order valence-corrected chi connectivity index (χ2v) is 7.45. The minimum Gasteiger partial charge on any atom is -0.497 e. The zero-order chi connectivity index (χ0) is 17.7. The monoisotopic (exact) mass is 330 g/mol. The standard InChI is InChI=1S/C21H30O3/c1-6-7-20(22)24-19-14-15(2)8-13-18(19)21(3,4)16-9-11-17(23-5)12-10-16/h6-7,9-12,15,18-19H,8,13-14H2,1-5H3/b7-6+/t15-,18-,19-/m1/s1. The summed E-state index contributed by atoms with van der Waals surface area (Å²) >= 11 is 0. The Kier molecular flexibility index (Phi) is 6.09. The zero-order valence-corrected chi connectivity index (χ0v) is 15.5. The number of hydrogen-bond acceptors (Lipinski definition) is 3. The molecule has 0 bridgehead atoms. The lowest BCUT2D eigenvalue weighted by Crippen LogP contribution is -2.43. The third-order valence-corrected chi connectivity index (χ3v) is 5.39. The first-order valence-corrected chi connectivity index (χ1v) is 8.86. The highest BCUT2D eigenvalue weighted by atomic mass is 16.5. The van der Waals surface area contributed by atoms with Crippen molar-refractivity contribution in [2.45, 2.75) is 58.5 Å². The van der Waals surface area contributed by atoms with Crippen molar-refractivity contribution in [2.24, 2.45) is 11.8 Å². The Morgan fingerprint density at radius 3 is 2.46 bits per heavy atom. The van der Waals surface area contributed by atoms with Gasteiger partial charge in [0, 0.05) is 12.0 Å². The fourth-order valence-corrected chi connectivity index (χ4v) is 3.84. The molecule has 0 unspecified atom stereocenters. The van der Waals surface area contributed by atoms with Crippen LogP contribution in [0.4, 0.5) is 0 Å². The third kappa shape index (κ3) is 4.19. The molecular formula is C21H30O3. The van der Waals surface area contributed by atoms with Crippen LogP contribution in [-0.2, 0) is 14.9 Å². The normalized spacial score (nSPS) is 24.8. The number of esters is 1. The Morgan fingerprint density at radius 1 is 1.21 bits per heavy atom. The maximum absolute atomic E-state index is 12.0. The fraction of sp³-hybridized carbons (Fsp3) is 0.571. The van der Waals surface area contributed by atoms with Gasteiger partial charge in [-0.2, -0.15) is 0 Å². The minimum atomic E-state index is -0.230. The van der Waals surface area contributed by atoms with Gasteiger partial charge in [0.2, 0.25) is 0 Å². The van der Waals surface area contributed by atoms with Gasteiger partial charge in [-0.25, -0.2) is 4.79 Å². The molecule has 132 valence electrons. The molecule has 0 amide bonds. The summed E-state index contributed by atoms with van der Waals surface area (Å²) in [5.41, 5.74) is 1.20. The molecule has 1 saturated carbocycles. The van der Waals surface area contributed by atoms with Crippen LogP contribution in [0, 0.1) is 11.8 Å². The van der Waals surface area contributed by atoms with E-state index in [9.17, 15) is 4.79 Å². The number of benzene rings is 1. The van der Waals surface area contributed by atoms with Gasteiger partial charge in [-0.05, 0) is 48.8 Å². The Labute approximate surface area is 146 Å². The van der Waals surface area contributed by atoms with E-state index in [4.69, 9.17) is 9.47 Å². The van der Waals surface area contributed by atoms with Crippen LogP contribution in [0.2, 0.25) is 0 Å². The molecule has 0 aromatic heterocycles. The molecule has 1 aromatic carbocycles. The molecule has 2 rings (SSSR count). The van der Waals surface area contributed by atoms with Crippen molar-refractivity contribution < 1.29 is 14.3 Å². The Bertz CT molecular complexity index is 571. The summed E-state index contributed by atoms with van der Waals surface area (Å²) in [5.74, 6) is 1.54. The number of allylic oxidation sites excluding steroid dienone is 1. The second kappa shape index (κ2) is 7.87. The molecule has 0 spiro atoms. The van der Waals surface area contributed by atoms with Crippen molar-refractivity contribution in [1.29, 1.82) is 0 Å². The summed E-state index contributed by atoms with van der Waals surface area (Å²) in [4.78, 5) is 12.0. The highest BCUT2D eigenvalue weighted by molar-refractivity contribution is 5.82. The smallest absolute Gasteiger partial charge is 0.330 e. The quantitative estimate of drug-likeness (QED) is 0.569. The van der Waals surface area contributed by atoms with E-state index in [1.165, 1.54) is 18.1 Å². The molecule has 3 nitrogen and oxygen atoms in total. The molecule has 1 aromatic rings. The molecule has 1 aliphatic carbocycles. The summed E-state index contributed by atoms with van der Waals surface area (Å²) in [6, 6.07) is 8.26. The van der Waals surface area contributed by atoms with E-state index in [1.807, 2.05) is 19.1 Å². The van der Waals surface area contributed by atoms with E-state index in [1.54, 1.807) is 13.2 Å². The van der Waals surface area contributed by atoms with Gasteiger partial charge < -0.3 is 9.47 Å². The number of carbonyl (C=O) groups excluding carboxylic acids is 1. The van der Waals surface area contributed by atoms with Crippen LogP contribution in [0.5, 0.6) is 5.75 Å². The Balaban J connectivity index is 2.24. The van der Waals surface area contributed by atoms with Gasteiger partial charge in [-0.15, -0.1) is 0 Å². The number of hydrogen-bond donors (Lipinski definition) is 0. The van der Waals surface area contributed by atoms with Gasteiger partial charge >= 0.3 is 5.97 Å². The summed E-state index contributed by atoms with van der Waals surface area (Å²) in [7, 11) is 1.68. The molecule has 3 atom stereocenters. The molecule has 0 N–H and O–H groups in total. The second-order valence-electron chi connectivity index (χ2n) is 7.45. The predicted octanol–water partition coefficient (Wildman–Crippen LogP) is 4.90. The average Bonchev–Trinajstić information content (AvgIpc) is 2.55. The third-order valence-electron chi connectivity index (χ3n) is 5.39. The molecule has 24 heavy (non-hydrogen) atoms. The van der Waals surface area contributed by atoms with Crippen molar-refractivity contribution in [3.8, 4) is 5.75 Å². The van der Waals surface area contributed by atoms with Crippen LogP contribution in [0.1, 0.15) is 52.5 Å². The molecular weight excluding hydrogens is 300 g/mol. The van der Waals surface area contributed by atoms with Crippen LogP contribution >= 0.6 is 0 Å². The summed E-state index contributed by atoms with van der Waals surface area (Å²) in [6.45, 7) is 8.59. The first kappa shape index (κ1) is 18.6. The molecule has 0 radical (unpaired) electrons. The van der Waals surface area contributed by atoms with E-state index in [-0.39, 0.29) is 17.5 Å². The van der Waals surface area contributed by atoms with Crippen LogP contribution < -0.4 is 4.74 Å². The van der Waals surface area contributed by atoms with Gasteiger partial charge in [-0.1, -0.05) is 45.4 Å². The lowest BCUT2D eigenvalue weighted by atomic mass is 9.64. The van der Waals surface area contributed by atoms with Gasteiger partial charge in [0.05, 0.1) is 7.11 Å². The zero-order valence-electron chi connectivity index (χ0n) is 15.5. The highest BCUT2D eigenvalue weighted by Gasteiger charge is 2.41. The lowest BCUT2D eigenvalue weighted by Gasteiger charge is -2.43. The molecule has 1 aliphatic rings. The van der Waals surface area contributed by atoms with Crippen LogP contribution in [-0.4, -0.2) is 19.2 Å². The topological polar surface area (TPSA) is 35.5 Å². The predicted molar refractivity (Wildman–Crippen MR) is 97.2 cm³/mol. The van der Waals surface area contributed by atoms with E-state index in [0.717, 1.165) is 18.6 Å². The van der Waals surface area contributed by atoms with Crippen molar-refractivity contribution in [3.63, 3.8) is 0 Å². The highest BCUT2D eigenvalue weighted by Crippen LogP contribution is 2.44. The molecule has 3 heteroatoms. The number of ether oxygens (including phenoxy) is 2. The van der Waals surface area contributed by atoms with Crippen molar-refractivity contribution in [3.05, 3.63) is 42.0 Å². The maximum Gasteiger partial charge on any atom is 0.330 e. The number of carbonyl (C=O) groups is 1. The van der Waals surface area contributed by atoms with Crippen molar-refractivity contribution in [2.75, 3.05) is 7.11 Å². The largest absolute Gasteiger partial charge is 0.497 e. The molecule has 0 aliphatic heterocycles. The van der Waals surface area contributed by atoms with Crippen LogP contribution in [0.25, 0.3) is 0 Å². The van der Waals surface area contributed by atoms with E-state index < -0.39 is 0 Å². The summed E-state index contributed by atoms with van der Waals surface area (Å²) in [5, 5.41) is 0. The van der Waals surface area contributed by atoms with Gasteiger partial charge in [-0.3, -0.25) is 0 Å². The van der Waals surface area contributed by atoms with E-state index >= 15 is 0 Å². The molecule has 0 saturated heterocycles. The van der Waals surface area contributed by atoms with E-state index in [2.05, 4.69) is 32.9 Å². The molecule has 0 heterocycles. The summed E-state index contributed by atoms with van der Waals surface area (Å²) in [6.07, 6.45) is 6.41. The van der Waals surface area contributed by atoms with Crippen molar-refractivity contribution >= 4 is 5.97 Å². The van der Waals surface area contributed by atoms with Gasteiger partial charge in [0.1, 0.15) is 11.9 Å². The Hall–Kier alpha value is -1.77. The fourth-order valence-electron chi connectivity index (χ4n) is 3.84. The first-order chi connectivity index (χ1) is 11.4. The van der Waals surface area contributed by atoms with Gasteiger partial charge in [0.25, 0.3) is 0 Å². The van der Waals surface area contributed by atoms with Gasteiger partial charge in [0.15, 0.2) is 0 Å². The lowest BCUT2D eigenvalue weighted by molar-refractivity contribution is -0.150. The van der Waals surface area contributed by atoms with Crippen molar-refractivity contribution in [1.82, 2.24) is 0 Å². The van der Waals surface area contributed by atoms with Crippen LogP contribution in [0.3, 0.4) is 0 Å². The Morgan fingerprint density at radius 2 is 1.88 bits per heavy atom. The van der Waals surface area contributed by atoms with E-state index in [0.29, 0.717) is 11.8 Å². The average molecular weight is 330 g/mol. The van der Waals surface area contributed by atoms with Crippen LogP contribution in [0.15, 0.2) is 36.4 Å². The molecule has 1 fully saturated rings.